The fourth-order valence-electron chi connectivity index (χ4n) is 3.46. The van der Waals surface area contributed by atoms with Crippen LogP contribution in [0.15, 0.2) is 60.7 Å². The van der Waals surface area contributed by atoms with Gasteiger partial charge >= 0.3 is 0 Å². The van der Waals surface area contributed by atoms with Crippen LogP contribution in [0.25, 0.3) is 11.4 Å². The van der Waals surface area contributed by atoms with E-state index in [1.165, 1.54) is 5.56 Å². The second-order valence-electron chi connectivity index (χ2n) is 6.78. The highest BCUT2D eigenvalue weighted by Gasteiger charge is 2.22. The van der Waals surface area contributed by atoms with Crippen LogP contribution >= 0.6 is 0 Å². The lowest BCUT2D eigenvalue weighted by molar-refractivity contribution is -0.0314. The highest BCUT2D eigenvalue weighted by Crippen LogP contribution is 2.18. The summed E-state index contributed by atoms with van der Waals surface area (Å²) < 4.78 is 8.06. The minimum atomic E-state index is 0.230. The van der Waals surface area contributed by atoms with Gasteiger partial charge in [-0.05, 0) is 12.0 Å². The average Bonchev–Trinajstić information content (AvgIpc) is 3.04. The predicted octanol–water partition coefficient (Wildman–Crippen LogP) is 2.93. The number of hydrogen-bond acceptors (Lipinski definition) is 4. The minimum absolute atomic E-state index is 0.230. The molecule has 0 bridgehead atoms. The van der Waals surface area contributed by atoms with E-state index in [2.05, 4.69) is 62.1 Å². The third-order valence-electron chi connectivity index (χ3n) is 4.89. The van der Waals surface area contributed by atoms with Gasteiger partial charge in [0.1, 0.15) is 5.82 Å². The van der Waals surface area contributed by atoms with Gasteiger partial charge in [-0.3, -0.25) is 4.90 Å². The standard InChI is InChI=1S/C21H24N4O/c1-24-20(22-23-21(24)18-10-6-3-7-11-18)16-25-12-13-26-19(15-25)14-17-8-4-2-5-9-17/h2-11,19H,12-16H2,1H3. The first-order chi connectivity index (χ1) is 12.8. The van der Waals surface area contributed by atoms with Gasteiger partial charge in [-0.2, -0.15) is 0 Å². The first kappa shape index (κ1) is 16.9. The quantitative estimate of drug-likeness (QED) is 0.711. The zero-order valence-corrected chi connectivity index (χ0v) is 15.1. The Bertz CT molecular complexity index is 832. The topological polar surface area (TPSA) is 43.2 Å². The van der Waals surface area contributed by atoms with Gasteiger partial charge in [0.15, 0.2) is 5.82 Å². The van der Waals surface area contributed by atoms with Crippen LogP contribution in [0, 0.1) is 0 Å². The molecule has 0 N–H and O–H groups in total. The van der Waals surface area contributed by atoms with E-state index in [0.717, 1.165) is 49.9 Å². The first-order valence-electron chi connectivity index (χ1n) is 9.11. The van der Waals surface area contributed by atoms with Crippen molar-refractivity contribution in [2.24, 2.45) is 7.05 Å². The van der Waals surface area contributed by atoms with Crippen molar-refractivity contribution in [1.29, 1.82) is 0 Å². The molecule has 1 saturated heterocycles. The van der Waals surface area contributed by atoms with E-state index >= 15 is 0 Å². The van der Waals surface area contributed by atoms with E-state index in [0.29, 0.717) is 0 Å². The van der Waals surface area contributed by atoms with Gasteiger partial charge in [-0.15, -0.1) is 10.2 Å². The molecule has 1 fully saturated rings. The largest absolute Gasteiger partial charge is 0.375 e. The fourth-order valence-corrected chi connectivity index (χ4v) is 3.46. The molecule has 1 atom stereocenters. The summed E-state index contributed by atoms with van der Waals surface area (Å²) >= 11 is 0. The maximum atomic E-state index is 5.97. The first-order valence-corrected chi connectivity index (χ1v) is 9.11. The molecule has 0 spiro atoms. The smallest absolute Gasteiger partial charge is 0.163 e. The Morgan fingerprint density at radius 1 is 1.00 bits per heavy atom. The number of hydrogen-bond donors (Lipinski definition) is 0. The second kappa shape index (κ2) is 7.81. The summed E-state index contributed by atoms with van der Waals surface area (Å²) in [6.07, 6.45) is 1.18. The van der Waals surface area contributed by atoms with Crippen molar-refractivity contribution in [1.82, 2.24) is 19.7 Å². The number of morpholine rings is 1. The molecular formula is C21H24N4O. The molecule has 5 nitrogen and oxygen atoms in total. The van der Waals surface area contributed by atoms with E-state index in [1.807, 2.05) is 25.2 Å². The van der Waals surface area contributed by atoms with Gasteiger partial charge in [0.05, 0.1) is 19.3 Å². The molecule has 26 heavy (non-hydrogen) atoms. The van der Waals surface area contributed by atoms with Crippen molar-refractivity contribution in [3.63, 3.8) is 0 Å². The van der Waals surface area contributed by atoms with Crippen molar-refractivity contribution in [2.75, 3.05) is 19.7 Å². The zero-order chi connectivity index (χ0) is 17.8. The maximum Gasteiger partial charge on any atom is 0.163 e. The molecule has 0 amide bonds. The molecule has 1 aliphatic heterocycles. The van der Waals surface area contributed by atoms with Gasteiger partial charge in [0.25, 0.3) is 0 Å². The lowest BCUT2D eigenvalue weighted by Gasteiger charge is -2.32. The number of nitrogens with zero attached hydrogens (tertiary/aromatic N) is 4. The third kappa shape index (κ3) is 3.84. The highest BCUT2D eigenvalue weighted by molar-refractivity contribution is 5.54. The molecule has 0 saturated carbocycles. The number of rotatable bonds is 5. The minimum Gasteiger partial charge on any atom is -0.375 e. The van der Waals surface area contributed by atoms with Crippen molar-refractivity contribution in [3.8, 4) is 11.4 Å². The van der Waals surface area contributed by atoms with Crippen LogP contribution in [0.4, 0.5) is 0 Å². The van der Waals surface area contributed by atoms with E-state index in [9.17, 15) is 0 Å². The molecule has 0 radical (unpaired) electrons. The summed E-state index contributed by atoms with van der Waals surface area (Å²) in [5, 5.41) is 8.82. The van der Waals surface area contributed by atoms with Crippen molar-refractivity contribution < 1.29 is 4.74 Å². The van der Waals surface area contributed by atoms with E-state index in [1.54, 1.807) is 0 Å². The monoisotopic (exact) mass is 348 g/mol. The Morgan fingerprint density at radius 3 is 2.50 bits per heavy atom. The van der Waals surface area contributed by atoms with Gasteiger partial charge in [-0.1, -0.05) is 60.7 Å². The fraction of sp³-hybridized carbons (Fsp3) is 0.333. The normalized spacial score (nSPS) is 18.1. The third-order valence-corrected chi connectivity index (χ3v) is 4.89. The van der Waals surface area contributed by atoms with Gasteiger partial charge in [0, 0.05) is 25.7 Å². The lowest BCUT2D eigenvalue weighted by atomic mass is 10.1. The average molecular weight is 348 g/mol. The predicted molar refractivity (Wildman–Crippen MR) is 102 cm³/mol. The molecule has 1 aliphatic rings. The summed E-state index contributed by atoms with van der Waals surface area (Å²) in [5.41, 5.74) is 2.42. The van der Waals surface area contributed by atoms with Crippen molar-refractivity contribution >= 4 is 0 Å². The summed E-state index contributed by atoms with van der Waals surface area (Å²) in [6, 6.07) is 20.8. The Morgan fingerprint density at radius 2 is 1.73 bits per heavy atom. The van der Waals surface area contributed by atoms with Crippen LogP contribution in [0.3, 0.4) is 0 Å². The summed E-state index contributed by atoms with van der Waals surface area (Å²) in [4.78, 5) is 2.41. The summed E-state index contributed by atoms with van der Waals surface area (Å²) in [5.74, 6) is 1.90. The molecule has 2 aromatic carbocycles. The maximum absolute atomic E-state index is 5.97. The van der Waals surface area contributed by atoms with E-state index in [-0.39, 0.29) is 6.10 Å². The Hall–Kier alpha value is -2.50. The van der Waals surface area contributed by atoms with Crippen LogP contribution in [-0.4, -0.2) is 45.5 Å². The Balaban J connectivity index is 1.42. The van der Waals surface area contributed by atoms with Gasteiger partial charge in [0.2, 0.25) is 0 Å². The summed E-state index contributed by atoms with van der Waals surface area (Å²) in [7, 11) is 2.04. The van der Waals surface area contributed by atoms with Crippen molar-refractivity contribution in [3.05, 3.63) is 72.1 Å². The van der Waals surface area contributed by atoms with Crippen molar-refractivity contribution in [2.45, 2.75) is 19.1 Å². The van der Waals surface area contributed by atoms with Crippen LogP contribution < -0.4 is 0 Å². The van der Waals surface area contributed by atoms with Crippen LogP contribution in [0.2, 0.25) is 0 Å². The van der Waals surface area contributed by atoms with Crippen LogP contribution in [0.5, 0.6) is 0 Å². The highest BCUT2D eigenvalue weighted by atomic mass is 16.5. The molecule has 4 rings (SSSR count). The molecule has 0 aliphatic carbocycles. The molecule has 134 valence electrons. The molecule has 1 aromatic heterocycles. The van der Waals surface area contributed by atoms with Crippen LogP contribution in [0.1, 0.15) is 11.4 Å². The van der Waals surface area contributed by atoms with Gasteiger partial charge < -0.3 is 9.30 Å². The zero-order valence-electron chi connectivity index (χ0n) is 15.1. The van der Waals surface area contributed by atoms with E-state index < -0.39 is 0 Å². The molecule has 3 aromatic rings. The number of aromatic nitrogens is 3. The SMILES string of the molecule is Cn1c(CN2CCOC(Cc3ccccc3)C2)nnc1-c1ccccc1. The van der Waals surface area contributed by atoms with Gasteiger partial charge in [-0.25, -0.2) is 0 Å². The van der Waals surface area contributed by atoms with E-state index in [4.69, 9.17) is 4.74 Å². The summed E-state index contributed by atoms with van der Waals surface area (Å²) in [6.45, 7) is 3.41. The Labute approximate surface area is 154 Å². The second-order valence-corrected chi connectivity index (χ2v) is 6.78. The molecular weight excluding hydrogens is 324 g/mol. The molecule has 1 unspecified atom stereocenters. The number of ether oxygens (including phenoxy) is 1. The number of benzene rings is 2. The molecule has 2 heterocycles. The molecule has 5 heteroatoms. The lowest BCUT2D eigenvalue weighted by Crippen LogP contribution is -2.43. The van der Waals surface area contributed by atoms with Crippen LogP contribution in [-0.2, 0) is 24.8 Å². The Kier molecular flexibility index (Phi) is 5.09.